The van der Waals surface area contributed by atoms with Gasteiger partial charge >= 0.3 is 0 Å². The predicted octanol–water partition coefficient (Wildman–Crippen LogP) is 1.65. The lowest BCUT2D eigenvalue weighted by atomic mass is 10.1. The second-order valence-corrected chi connectivity index (χ2v) is 5.76. The molecule has 7 heteroatoms. The molecule has 0 aliphatic carbocycles. The minimum Gasteiger partial charge on any atom is -0.346 e. The molecule has 1 amide bonds. The molecule has 3 aromatic rings. The summed E-state index contributed by atoms with van der Waals surface area (Å²) in [6.07, 6.45) is 3.61. The van der Waals surface area contributed by atoms with E-state index in [0.29, 0.717) is 17.4 Å². The third-order valence-corrected chi connectivity index (χ3v) is 4.14. The second kappa shape index (κ2) is 6.37. The number of benzene rings is 1. The van der Waals surface area contributed by atoms with Crippen LogP contribution in [0, 0.1) is 0 Å². The van der Waals surface area contributed by atoms with Crippen LogP contribution in [0.5, 0.6) is 0 Å². The Morgan fingerprint density at radius 1 is 1.33 bits per heavy atom. The molecule has 1 saturated heterocycles. The van der Waals surface area contributed by atoms with Crippen molar-refractivity contribution >= 4 is 16.7 Å². The number of fused-ring (bicyclic) bond motifs is 1. The number of hydrogen-bond acceptors (Lipinski definition) is 6. The SMILES string of the molecule is O=C(NCc1nc(-c2nccc3ccccc23)no1)C1CCCN1. The molecule has 7 nitrogen and oxygen atoms in total. The number of carbonyl (C=O) groups is 1. The van der Waals surface area contributed by atoms with Gasteiger partial charge in [-0.25, -0.2) is 0 Å². The Balaban J connectivity index is 1.51. The Morgan fingerprint density at radius 3 is 3.12 bits per heavy atom. The zero-order valence-electron chi connectivity index (χ0n) is 13.0. The van der Waals surface area contributed by atoms with Crippen LogP contribution >= 0.6 is 0 Å². The molecule has 0 spiro atoms. The van der Waals surface area contributed by atoms with Crippen molar-refractivity contribution < 1.29 is 9.32 Å². The summed E-state index contributed by atoms with van der Waals surface area (Å²) >= 11 is 0. The first kappa shape index (κ1) is 14.8. The topological polar surface area (TPSA) is 92.9 Å². The fourth-order valence-electron chi connectivity index (χ4n) is 2.91. The number of nitrogens with zero attached hydrogens (tertiary/aromatic N) is 3. The summed E-state index contributed by atoms with van der Waals surface area (Å²) in [7, 11) is 0. The van der Waals surface area contributed by atoms with Crippen molar-refractivity contribution in [2.24, 2.45) is 0 Å². The first-order valence-electron chi connectivity index (χ1n) is 7.99. The van der Waals surface area contributed by atoms with Gasteiger partial charge in [-0.2, -0.15) is 4.98 Å². The van der Waals surface area contributed by atoms with Crippen LogP contribution < -0.4 is 10.6 Å². The number of hydrogen-bond donors (Lipinski definition) is 2. The normalized spacial score (nSPS) is 17.2. The zero-order chi connectivity index (χ0) is 16.4. The first-order chi connectivity index (χ1) is 11.8. The lowest BCUT2D eigenvalue weighted by molar-refractivity contribution is -0.123. The quantitative estimate of drug-likeness (QED) is 0.758. The number of rotatable bonds is 4. The summed E-state index contributed by atoms with van der Waals surface area (Å²) in [5.41, 5.74) is 0.673. The van der Waals surface area contributed by atoms with Crippen molar-refractivity contribution in [3.63, 3.8) is 0 Å². The van der Waals surface area contributed by atoms with Gasteiger partial charge in [0.1, 0.15) is 5.69 Å². The van der Waals surface area contributed by atoms with E-state index in [4.69, 9.17) is 4.52 Å². The van der Waals surface area contributed by atoms with Crippen LogP contribution in [0.3, 0.4) is 0 Å². The second-order valence-electron chi connectivity index (χ2n) is 5.76. The van der Waals surface area contributed by atoms with Gasteiger partial charge in [-0.3, -0.25) is 9.78 Å². The number of aromatic nitrogens is 3. The Kier molecular flexibility index (Phi) is 3.92. The molecular formula is C17H17N5O2. The van der Waals surface area contributed by atoms with Crippen LogP contribution in [0.15, 0.2) is 41.1 Å². The lowest BCUT2D eigenvalue weighted by Gasteiger charge is -2.08. The van der Waals surface area contributed by atoms with Crippen molar-refractivity contribution in [1.29, 1.82) is 0 Å². The minimum absolute atomic E-state index is 0.0319. The summed E-state index contributed by atoms with van der Waals surface area (Å²) in [6.45, 7) is 1.10. The average Bonchev–Trinajstić information content (AvgIpc) is 3.31. The van der Waals surface area contributed by atoms with Crippen LogP contribution in [-0.4, -0.2) is 33.6 Å². The molecule has 1 aromatic carbocycles. The minimum atomic E-state index is -0.118. The van der Waals surface area contributed by atoms with Gasteiger partial charge in [-0.15, -0.1) is 0 Å². The van der Waals surface area contributed by atoms with Crippen molar-refractivity contribution in [3.05, 3.63) is 42.4 Å². The maximum atomic E-state index is 12.0. The van der Waals surface area contributed by atoms with Gasteiger partial charge < -0.3 is 15.2 Å². The van der Waals surface area contributed by atoms with Gasteiger partial charge in [0.2, 0.25) is 17.6 Å². The maximum Gasteiger partial charge on any atom is 0.246 e. The summed E-state index contributed by atoms with van der Waals surface area (Å²) in [5, 5.41) is 12.0. The summed E-state index contributed by atoms with van der Waals surface area (Å²) in [5.74, 6) is 0.761. The Hall–Kier alpha value is -2.80. The van der Waals surface area contributed by atoms with Crippen molar-refractivity contribution in [2.75, 3.05) is 6.54 Å². The largest absolute Gasteiger partial charge is 0.346 e. The number of pyridine rings is 1. The molecule has 1 aliphatic heterocycles. The molecule has 0 radical (unpaired) electrons. The van der Waals surface area contributed by atoms with Gasteiger partial charge in [-0.05, 0) is 30.8 Å². The Labute approximate surface area is 138 Å². The van der Waals surface area contributed by atoms with E-state index >= 15 is 0 Å². The molecule has 2 N–H and O–H groups in total. The van der Waals surface area contributed by atoms with Gasteiger partial charge in [0, 0.05) is 11.6 Å². The molecular weight excluding hydrogens is 306 g/mol. The Bertz CT molecular complexity index is 865. The maximum absolute atomic E-state index is 12.0. The van der Waals surface area contributed by atoms with Crippen molar-refractivity contribution in [2.45, 2.75) is 25.4 Å². The van der Waals surface area contributed by atoms with Gasteiger partial charge in [0.15, 0.2) is 0 Å². The zero-order valence-corrected chi connectivity index (χ0v) is 13.0. The van der Waals surface area contributed by atoms with E-state index in [-0.39, 0.29) is 18.5 Å². The van der Waals surface area contributed by atoms with Gasteiger partial charge in [0.05, 0.1) is 12.6 Å². The molecule has 122 valence electrons. The smallest absolute Gasteiger partial charge is 0.246 e. The van der Waals surface area contributed by atoms with E-state index in [0.717, 1.165) is 30.2 Å². The van der Waals surface area contributed by atoms with Crippen LogP contribution in [0.2, 0.25) is 0 Å². The van der Waals surface area contributed by atoms with E-state index in [2.05, 4.69) is 25.8 Å². The Morgan fingerprint density at radius 2 is 2.25 bits per heavy atom. The first-order valence-corrected chi connectivity index (χ1v) is 7.99. The monoisotopic (exact) mass is 323 g/mol. The molecule has 0 bridgehead atoms. The summed E-state index contributed by atoms with van der Waals surface area (Å²) < 4.78 is 5.24. The number of nitrogens with one attached hydrogen (secondary N) is 2. The number of carbonyl (C=O) groups excluding carboxylic acids is 1. The fraction of sp³-hybridized carbons (Fsp3) is 0.294. The van der Waals surface area contributed by atoms with E-state index < -0.39 is 0 Å². The number of amides is 1. The average molecular weight is 323 g/mol. The van der Waals surface area contributed by atoms with E-state index in [9.17, 15) is 4.79 Å². The third-order valence-electron chi connectivity index (χ3n) is 4.14. The molecule has 4 rings (SSSR count). The molecule has 1 unspecified atom stereocenters. The van der Waals surface area contributed by atoms with Crippen molar-refractivity contribution in [3.8, 4) is 11.5 Å². The van der Waals surface area contributed by atoms with E-state index in [1.54, 1.807) is 6.20 Å². The molecule has 1 atom stereocenters. The van der Waals surface area contributed by atoms with Crippen LogP contribution in [0.25, 0.3) is 22.3 Å². The summed E-state index contributed by atoms with van der Waals surface area (Å²) in [6, 6.07) is 9.72. The molecule has 2 aromatic heterocycles. The molecule has 0 saturated carbocycles. The highest BCUT2D eigenvalue weighted by Gasteiger charge is 2.22. The standard InChI is InChI=1S/C17H17N5O2/c23-17(13-6-3-8-18-13)20-10-14-21-16(22-24-14)15-12-5-2-1-4-11(12)7-9-19-15/h1-2,4-5,7,9,13,18H,3,6,8,10H2,(H,20,23). The highest BCUT2D eigenvalue weighted by Crippen LogP contribution is 2.23. The van der Waals surface area contributed by atoms with Crippen LogP contribution in [-0.2, 0) is 11.3 Å². The van der Waals surface area contributed by atoms with Crippen LogP contribution in [0.1, 0.15) is 18.7 Å². The third kappa shape index (κ3) is 2.85. The van der Waals surface area contributed by atoms with Crippen molar-refractivity contribution in [1.82, 2.24) is 25.8 Å². The highest BCUT2D eigenvalue weighted by molar-refractivity contribution is 5.92. The van der Waals surface area contributed by atoms with E-state index in [1.165, 1.54) is 0 Å². The molecule has 24 heavy (non-hydrogen) atoms. The fourth-order valence-corrected chi connectivity index (χ4v) is 2.91. The van der Waals surface area contributed by atoms with Gasteiger partial charge in [-0.1, -0.05) is 29.4 Å². The van der Waals surface area contributed by atoms with Crippen LogP contribution in [0.4, 0.5) is 0 Å². The predicted molar refractivity (Wildman–Crippen MR) is 87.9 cm³/mol. The summed E-state index contributed by atoms with van der Waals surface area (Å²) in [4.78, 5) is 20.7. The molecule has 1 fully saturated rings. The lowest BCUT2D eigenvalue weighted by Crippen LogP contribution is -2.40. The highest BCUT2D eigenvalue weighted by atomic mass is 16.5. The van der Waals surface area contributed by atoms with Gasteiger partial charge in [0.25, 0.3) is 0 Å². The molecule has 1 aliphatic rings. The van der Waals surface area contributed by atoms with E-state index in [1.807, 2.05) is 30.3 Å². The molecule has 3 heterocycles.